The van der Waals surface area contributed by atoms with Gasteiger partial charge in [0.05, 0.1) is 0 Å². The lowest BCUT2D eigenvalue weighted by Crippen LogP contribution is -2.40. The first kappa shape index (κ1) is 18.2. The maximum atomic E-state index is 12.4. The predicted octanol–water partition coefficient (Wildman–Crippen LogP) is 4.16. The summed E-state index contributed by atoms with van der Waals surface area (Å²) in [4.78, 5) is 13.9. The summed E-state index contributed by atoms with van der Waals surface area (Å²) in [5.41, 5.74) is 2.16. The summed E-state index contributed by atoms with van der Waals surface area (Å²) < 4.78 is 28.6. The Hall–Kier alpha value is -2.63. The van der Waals surface area contributed by atoms with E-state index in [1.165, 1.54) is 17.7 Å². The highest BCUT2D eigenvalue weighted by Gasteiger charge is 2.44. The minimum absolute atomic E-state index is 0.0615. The van der Waals surface area contributed by atoms with E-state index in [9.17, 15) is 13.6 Å². The minimum atomic E-state index is -2.84. The van der Waals surface area contributed by atoms with E-state index in [0.29, 0.717) is 13.1 Å². The smallest absolute Gasteiger partial charge is 0.387 e. The molecule has 1 N–H and O–H groups in total. The normalized spacial score (nSPS) is 14.8. The van der Waals surface area contributed by atoms with Crippen molar-refractivity contribution < 1.29 is 18.3 Å². The van der Waals surface area contributed by atoms with Crippen LogP contribution in [-0.4, -0.2) is 31.1 Å². The van der Waals surface area contributed by atoms with Crippen LogP contribution < -0.4 is 10.1 Å². The highest BCUT2D eigenvalue weighted by atomic mass is 19.3. The minimum Gasteiger partial charge on any atom is -0.435 e. The molecule has 0 saturated heterocycles. The molecule has 138 valence electrons. The Morgan fingerprint density at radius 1 is 1.15 bits per heavy atom. The standard InChI is InChI=1S/C20H22F2N2O2/c1-24(13-15-7-9-17(10-8-15)26-18(21)22)19(25)23-14-20(11-12-20)16-5-3-2-4-6-16/h2-10,18H,11-14H2,1H3,(H,23,25). The number of alkyl halides is 2. The molecule has 2 amide bonds. The maximum Gasteiger partial charge on any atom is 0.387 e. The second-order valence-corrected chi connectivity index (χ2v) is 6.68. The van der Waals surface area contributed by atoms with Gasteiger partial charge in [-0.1, -0.05) is 42.5 Å². The van der Waals surface area contributed by atoms with E-state index < -0.39 is 6.61 Å². The summed E-state index contributed by atoms with van der Waals surface area (Å²) >= 11 is 0. The van der Waals surface area contributed by atoms with Crippen molar-refractivity contribution in [2.45, 2.75) is 31.4 Å². The number of amides is 2. The number of benzene rings is 2. The van der Waals surface area contributed by atoms with E-state index in [1.807, 2.05) is 18.2 Å². The molecule has 4 nitrogen and oxygen atoms in total. The van der Waals surface area contributed by atoms with Gasteiger partial charge in [0.2, 0.25) is 0 Å². The second-order valence-electron chi connectivity index (χ2n) is 6.68. The van der Waals surface area contributed by atoms with Crippen molar-refractivity contribution in [3.63, 3.8) is 0 Å². The quantitative estimate of drug-likeness (QED) is 0.805. The molecule has 2 aromatic rings. The Morgan fingerprint density at radius 3 is 2.38 bits per heavy atom. The first-order valence-electron chi connectivity index (χ1n) is 8.57. The Bertz CT molecular complexity index is 731. The molecule has 0 aliphatic heterocycles. The van der Waals surface area contributed by atoms with E-state index in [2.05, 4.69) is 22.2 Å². The highest BCUT2D eigenvalue weighted by molar-refractivity contribution is 5.74. The van der Waals surface area contributed by atoms with E-state index in [4.69, 9.17) is 0 Å². The fourth-order valence-corrected chi connectivity index (χ4v) is 3.01. The number of carbonyl (C=O) groups excluding carboxylic acids is 1. The van der Waals surface area contributed by atoms with E-state index in [0.717, 1.165) is 18.4 Å². The third-order valence-electron chi connectivity index (χ3n) is 4.73. The first-order chi connectivity index (χ1) is 12.5. The number of carbonyl (C=O) groups is 1. The van der Waals surface area contributed by atoms with Crippen LogP contribution in [0.1, 0.15) is 24.0 Å². The van der Waals surface area contributed by atoms with E-state index >= 15 is 0 Å². The Labute approximate surface area is 151 Å². The van der Waals surface area contributed by atoms with Crippen molar-refractivity contribution in [1.82, 2.24) is 10.2 Å². The second kappa shape index (κ2) is 7.72. The molecule has 0 heterocycles. The van der Waals surface area contributed by atoms with Crippen molar-refractivity contribution >= 4 is 6.03 Å². The molecule has 1 saturated carbocycles. The number of rotatable bonds is 7. The fourth-order valence-electron chi connectivity index (χ4n) is 3.01. The van der Waals surface area contributed by atoms with E-state index in [1.54, 1.807) is 24.1 Å². The van der Waals surface area contributed by atoms with Crippen molar-refractivity contribution in [1.29, 1.82) is 0 Å². The lowest BCUT2D eigenvalue weighted by Gasteiger charge is -2.21. The zero-order chi connectivity index (χ0) is 18.6. The summed E-state index contributed by atoms with van der Waals surface area (Å²) in [7, 11) is 1.71. The molecular formula is C20H22F2N2O2. The van der Waals surface area contributed by atoms with Gasteiger partial charge >= 0.3 is 12.6 Å². The molecule has 1 aliphatic carbocycles. The van der Waals surface area contributed by atoms with Crippen molar-refractivity contribution in [3.05, 3.63) is 65.7 Å². The number of urea groups is 1. The summed E-state index contributed by atoms with van der Waals surface area (Å²) in [6.45, 7) is -1.84. The number of ether oxygens (including phenoxy) is 1. The molecule has 6 heteroatoms. The molecule has 0 spiro atoms. The van der Waals surface area contributed by atoms with Crippen LogP contribution in [0.2, 0.25) is 0 Å². The van der Waals surface area contributed by atoms with E-state index in [-0.39, 0.29) is 17.2 Å². The monoisotopic (exact) mass is 360 g/mol. The third kappa shape index (κ3) is 4.50. The van der Waals surface area contributed by atoms with Crippen LogP contribution in [0.4, 0.5) is 13.6 Å². The number of nitrogens with zero attached hydrogens (tertiary/aromatic N) is 1. The Balaban J connectivity index is 1.50. The molecule has 1 aliphatic rings. The average molecular weight is 360 g/mol. The molecule has 1 fully saturated rings. The molecule has 0 bridgehead atoms. The van der Waals surface area contributed by atoms with Gasteiger partial charge in [0.15, 0.2) is 0 Å². The molecule has 0 aromatic heterocycles. The third-order valence-corrected chi connectivity index (χ3v) is 4.73. The summed E-state index contributed by atoms with van der Waals surface area (Å²) in [5, 5.41) is 3.00. The zero-order valence-corrected chi connectivity index (χ0v) is 14.6. The average Bonchev–Trinajstić information content (AvgIpc) is 3.43. The van der Waals surface area contributed by atoms with Gasteiger partial charge in [0.1, 0.15) is 5.75 Å². The molecule has 0 unspecified atom stereocenters. The van der Waals surface area contributed by atoms with Gasteiger partial charge in [-0.05, 0) is 36.1 Å². The van der Waals surface area contributed by atoms with Crippen LogP contribution in [0.5, 0.6) is 5.75 Å². The number of hydrogen-bond acceptors (Lipinski definition) is 2. The highest BCUT2D eigenvalue weighted by Crippen LogP contribution is 2.47. The molecular weight excluding hydrogens is 338 g/mol. The first-order valence-corrected chi connectivity index (χ1v) is 8.57. The van der Waals surface area contributed by atoms with Crippen molar-refractivity contribution in [2.75, 3.05) is 13.6 Å². The maximum absolute atomic E-state index is 12.4. The van der Waals surface area contributed by atoms with Crippen LogP contribution in [-0.2, 0) is 12.0 Å². The largest absolute Gasteiger partial charge is 0.435 e. The predicted molar refractivity (Wildman–Crippen MR) is 95.3 cm³/mol. The van der Waals surface area contributed by atoms with Crippen LogP contribution >= 0.6 is 0 Å². The van der Waals surface area contributed by atoms with Crippen LogP contribution in [0.3, 0.4) is 0 Å². The Kier molecular flexibility index (Phi) is 5.40. The number of halogens is 2. The van der Waals surface area contributed by atoms with Gasteiger partial charge in [-0.25, -0.2) is 4.79 Å². The lowest BCUT2D eigenvalue weighted by molar-refractivity contribution is -0.0498. The lowest BCUT2D eigenvalue weighted by atomic mass is 9.96. The number of nitrogens with one attached hydrogen (secondary N) is 1. The van der Waals surface area contributed by atoms with Gasteiger partial charge in [-0.2, -0.15) is 8.78 Å². The fraction of sp³-hybridized carbons (Fsp3) is 0.350. The topological polar surface area (TPSA) is 41.6 Å². The van der Waals surface area contributed by atoms with Gasteiger partial charge in [-0.15, -0.1) is 0 Å². The molecule has 26 heavy (non-hydrogen) atoms. The molecule has 3 rings (SSSR count). The van der Waals surface area contributed by atoms with Gasteiger partial charge in [0, 0.05) is 25.6 Å². The van der Waals surface area contributed by atoms with Crippen LogP contribution in [0.25, 0.3) is 0 Å². The summed E-state index contributed by atoms with van der Waals surface area (Å²) in [5.74, 6) is 0.106. The van der Waals surface area contributed by atoms with Crippen LogP contribution in [0.15, 0.2) is 54.6 Å². The number of hydrogen-bond donors (Lipinski definition) is 1. The molecule has 2 aromatic carbocycles. The summed E-state index contributed by atoms with van der Waals surface area (Å²) in [6.07, 6.45) is 2.15. The van der Waals surface area contributed by atoms with Gasteiger partial charge in [-0.3, -0.25) is 0 Å². The van der Waals surface area contributed by atoms with Gasteiger partial charge in [0.25, 0.3) is 0 Å². The van der Waals surface area contributed by atoms with Crippen molar-refractivity contribution in [3.8, 4) is 5.75 Å². The Morgan fingerprint density at radius 2 is 1.81 bits per heavy atom. The molecule has 0 radical (unpaired) electrons. The van der Waals surface area contributed by atoms with Crippen molar-refractivity contribution in [2.24, 2.45) is 0 Å². The zero-order valence-electron chi connectivity index (χ0n) is 14.6. The van der Waals surface area contributed by atoms with Crippen LogP contribution in [0, 0.1) is 0 Å². The summed E-state index contributed by atoms with van der Waals surface area (Å²) in [6, 6.07) is 16.4. The molecule has 0 atom stereocenters. The SMILES string of the molecule is CN(Cc1ccc(OC(F)F)cc1)C(=O)NCC1(c2ccccc2)CC1. The van der Waals surface area contributed by atoms with Gasteiger partial charge < -0.3 is 15.0 Å².